The van der Waals surface area contributed by atoms with E-state index in [9.17, 15) is 4.79 Å². The molecular weight excluding hydrogens is 278 g/mol. The summed E-state index contributed by atoms with van der Waals surface area (Å²) < 4.78 is 1.81. The van der Waals surface area contributed by atoms with Crippen LogP contribution in [0.3, 0.4) is 0 Å². The van der Waals surface area contributed by atoms with Gasteiger partial charge in [0.1, 0.15) is 12.7 Å². The fourth-order valence-electron chi connectivity index (χ4n) is 3.14. The zero-order valence-electron chi connectivity index (χ0n) is 12.7. The summed E-state index contributed by atoms with van der Waals surface area (Å²) in [4.78, 5) is 14.7. The van der Waals surface area contributed by atoms with Crippen LogP contribution in [-0.4, -0.2) is 44.7 Å². The van der Waals surface area contributed by atoms with Gasteiger partial charge in [-0.05, 0) is 43.0 Å². The molecule has 0 saturated carbocycles. The second kappa shape index (κ2) is 6.27. The van der Waals surface area contributed by atoms with Gasteiger partial charge in [-0.25, -0.2) is 0 Å². The molecule has 3 rings (SSSR count). The first kappa shape index (κ1) is 14.7. The Bertz CT molecular complexity index is 622. The lowest BCUT2D eigenvalue weighted by Gasteiger charge is -2.39. The van der Waals surface area contributed by atoms with Crippen LogP contribution in [0.1, 0.15) is 30.1 Å². The highest BCUT2D eigenvalue weighted by Crippen LogP contribution is 2.24. The Morgan fingerprint density at radius 2 is 1.95 bits per heavy atom. The fourth-order valence-corrected chi connectivity index (χ4v) is 3.14. The van der Waals surface area contributed by atoms with Crippen LogP contribution < -0.4 is 5.73 Å². The minimum absolute atomic E-state index is 0.0670. The van der Waals surface area contributed by atoms with Gasteiger partial charge >= 0.3 is 0 Å². The molecule has 2 atom stereocenters. The molecule has 6 nitrogen and oxygen atoms in total. The molecular formula is C16H21N5O. The van der Waals surface area contributed by atoms with Crippen molar-refractivity contribution in [1.29, 1.82) is 0 Å². The second-order valence-corrected chi connectivity index (χ2v) is 5.84. The van der Waals surface area contributed by atoms with Gasteiger partial charge in [-0.3, -0.25) is 9.36 Å². The first-order chi connectivity index (χ1) is 10.7. The van der Waals surface area contributed by atoms with Crippen LogP contribution in [0.25, 0.3) is 5.69 Å². The molecule has 116 valence electrons. The van der Waals surface area contributed by atoms with E-state index in [2.05, 4.69) is 17.1 Å². The quantitative estimate of drug-likeness (QED) is 0.931. The average Bonchev–Trinajstić information content (AvgIpc) is 3.08. The Kier molecular flexibility index (Phi) is 4.20. The number of hydrogen-bond donors (Lipinski definition) is 1. The number of nitrogens with two attached hydrogens (primary N) is 1. The number of amides is 1. The van der Waals surface area contributed by atoms with Gasteiger partial charge in [0.2, 0.25) is 0 Å². The lowest BCUT2D eigenvalue weighted by Crippen LogP contribution is -2.51. The number of carbonyl (C=O) groups is 1. The van der Waals surface area contributed by atoms with E-state index < -0.39 is 0 Å². The number of aromatic nitrogens is 3. The molecule has 1 fully saturated rings. The predicted octanol–water partition coefficient (Wildman–Crippen LogP) is 1.47. The molecule has 2 heterocycles. The lowest BCUT2D eigenvalue weighted by molar-refractivity contribution is 0.0532. The van der Waals surface area contributed by atoms with Gasteiger partial charge in [-0.1, -0.05) is 6.92 Å². The van der Waals surface area contributed by atoms with E-state index in [0.29, 0.717) is 18.0 Å². The summed E-state index contributed by atoms with van der Waals surface area (Å²) in [7, 11) is 0. The maximum atomic E-state index is 12.8. The van der Waals surface area contributed by atoms with Crippen LogP contribution in [0.2, 0.25) is 0 Å². The summed E-state index contributed by atoms with van der Waals surface area (Å²) in [6, 6.07) is 7.65. The summed E-state index contributed by atoms with van der Waals surface area (Å²) in [5.41, 5.74) is 7.51. The van der Waals surface area contributed by atoms with Crippen LogP contribution in [0.15, 0.2) is 36.9 Å². The van der Waals surface area contributed by atoms with Gasteiger partial charge in [-0.2, -0.15) is 0 Å². The van der Waals surface area contributed by atoms with Crippen LogP contribution in [0.5, 0.6) is 0 Å². The Morgan fingerprint density at radius 3 is 2.59 bits per heavy atom. The normalized spacial score (nSPS) is 21.8. The zero-order chi connectivity index (χ0) is 15.5. The molecule has 1 aromatic heterocycles. The van der Waals surface area contributed by atoms with Crippen molar-refractivity contribution >= 4 is 5.91 Å². The Balaban J connectivity index is 1.79. The Morgan fingerprint density at radius 1 is 1.27 bits per heavy atom. The molecule has 1 saturated heterocycles. The molecule has 22 heavy (non-hydrogen) atoms. The molecule has 0 spiro atoms. The number of hydrogen-bond acceptors (Lipinski definition) is 4. The summed E-state index contributed by atoms with van der Waals surface area (Å²) >= 11 is 0. The average molecular weight is 299 g/mol. The van der Waals surface area contributed by atoms with Gasteiger partial charge in [0.15, 0.2) is 0 Å². The van der Waals surface area contributed by atoms with E-state index in [1.54, 1.807) is 17.2 Å². The Labute approximate surface area is 129 Å². The fraction of sp³-hybridized carbons (Fsp3) is 0.438. The molecule has 0 bridgehead atoms. The maximum Gasteiger partial charge on any atom is 0.254 e. The third-order valence-electron chi connectivity index (χ3n) is 4.45. The monoisotopic (exact) mass is 299 g/mol. The minimum Gasteiger partial charge on any atom is -0.334 e. The van der Waals surface area contributed by atoms with Crippen LogP contribution in [0.4, 0.5) is 0 Å². The molecule has 1 amide bonds. The molecule has 0 aliphatic carbocycles. The third kappa shape index (κ3) is 2.74. The van der Waals surface area contributed by atoms with E-state index >= 15 is 0 Å². The highest BCUT2D eigenvalue weighted by molar-refractivity contribution is 5.94. The van der Waals surface area contributed by atoms with Crippen molar-refractivity contribution in [2.24, 2.45) is 11.7 Å². The van der Waals surface area contributed by atoms with Crippen molar-refractivity contribution in [1.82, 2.24) is 19.7 Å². The standard InChI is InChI=1S/C16H21N5O/c1-12-3-2-8-21(15(12)9-17)16(22)13-4-6-14(7-5-13)20-10-18-19-11-20/h4-7,10-12,15H,2-3,8-9,17H2,1H3. The van der Waals surface area contributed by atoms with Crippen LogP contribution >= 0.6 is 0 Å². The molecule has 2 unspecified atom stereocenters. The molecule has 1 aliphatic rings. The number of piperidine rings is 1. The SMILES string of the molecule is CC1CCCN(C(=O)c2ccc(-n3cnnc3)cc2)C1CN. The van der Waals surface area contributed by atoms with Crippen molar-refractivity contribution in [3.05, 3.63) is 42.5 Å². The molecule has 2 N–H and O–H groups in total. The van der Waals surface area contributed by atoms with Crippen molar-refractivity contribution < 1.29 is 4.79 Å². The minimum atomic E-state index is 0.0670. The van der Waals surface area contributed by atoms with Gasteiger partial charge in [0.25, 0.3) is 5.91 Å². The smallest absolute Gasteiger partial charge is 0.254 e. The Hall–Kier alpha value is -2.21. The van der Waals surface area contributed by atoms with Gasteiger partial charge in [-0.15, -0.1) is 10.2 Å². The summed E-state index contributed by atoms with van der Waals surface area (Å²) in [5.74, 6) is 0.524. The lowest BCUT2D eigenvalue weighted by atomic mass is 9.90. The predicted molar refractivity (Wildman–Crippen MR) is 83.6 cm³/mol. The van der Waals surface area contributed by atoms with E-state index in [1.807, 2.05) is 29.2 Å². The summed E-state index contributed by atoms with van der Waals surface area (Å²) in [5, 5.41) is 7.57. The van der Waals surface area contributed by atoms with E-state index in [4.69, 9.17) is 5.73 Å². The molecule has 1 aromatic carbocycles. The highest BCUT2D eigenvalue weighted by atomic mass is 16.2. The molecule has 1 aliphatic heterocycles. The molecule has 0 radical (unpaired) electrons. The zero-order valence-corrected chi connectivity index (χ0v) is 12.7. The number of carbonyl (C=O) groups excluding carboxylic acids is 1. The van der Waals surface area contributed by atoms with Crippen LogP contribution in [0, 0.1) is 5.92 Å². The third-order valence-corrected chi connectivity index (χ3v) is 4.45. The van der Waals surface area contributed by atoms with Gasteiger partial charge in [0, 0.05) is 30.4 Å². The maximum absolute atomic E-state index is 12.8. The number of rotatable bonds is 3. The highest BCUT2D eigenvalue weighted by Gasteiger charge is 2.31. The van der Waals surface area contributed by atoms with Crippen molar-refractivity contribution in [3.8, 4) is 5.69 Å². The van der Waals surface area contributed by atoms with E-state index in [-0.39, 0.29) is 11.9 Å². The van der Waals surface area contributed by atoms with E-state index in [1.165, 1.54) is 0 Å². The molecule has 2 aromatic rings. The van der Waals surface area contributed by atoms with Crippen molar-refractivity contribution in [2.75, 3.05) is 13.1 Å². The topological polar surface area (TPSA) is 77.0 Å². The largest absolute Gasteiger partial charge is 0.334 e. The number of benzene rings is 1. The van der Waals surface area contributed by atoms with Gasteiger partial charge in [0.05, 0.1) is 0 Å². The van der Waals surface area contributed by atoms with Crippen LogP contribution in [-0.2, 0) is 0 Å². The summed E-state index contributed by atoms with van der Waals surface area (Å²) in [6.45, 7) is 3.48. The van der Waals surface area contributed by atoms with Crippen molar-refractivity contribution in [3.63, 3.8) is 0 Å². The molecule has 6 heteroatoms. The first-order valence-corrected chi connectivity index (χ1v) is 7.67. The van der Waals surface area contributed by atoms with Crippen molar-refractivity contribution in [2.45, 2.75) is 25.8 Å². The van der Waals surface area contributed by atoms with Gasteiger partial charge < -0.3 is 10.6 Å². The number of likely N-dealkylation sites (tertiary alicyclic amines) is 1. The summed E-state index contributed by atoms with van der Waals surface area (Å²) in [6.07, 6.45) is 5.45. The van der Waals surface area contributed by atoms with E-state index in [0.717, 1.165) is 25.1 Å². The second-order valence-electron chi connectivity index (χ2n) is 5.84. The first-order valence-electron chi connectivity index (χ1n) is 7.67. The number of nitrogens with zero attached hydrogens (tertiary/aromatic N) is 4.